The van der Waals surface area contributed by atoms with Crippen LogP contribution in [0, 0.1) is 5.92 Å². The number of likely N-dealkylation sites (N-methyl/N-ethyl adjacent to an activating group) is 1. The molecule has 0 aliphatic carbocycles. The summed E-state index contributed by atoms with van der Waals surface area (Å²) in [6, 6.07) is 10.1. The van der Waals surface area contributed by atoms with Crippen molar-refractivity contribution in [2.75, 3.05) is 33.8 Å². The number of hydrogen-bond donors (Lipinski definition) is 1. The largest absolute Gasteiger partial charge is 0.479 e. The third kappa shape index (κ3) is 4.71. The number of carboxylic acids is 1. The highest BCUT2D eigenvalue weighted by molar-refractivity contribution is 5.75. The topological polar surface area (TPSA) is 70.1 Å². The van der Waals surface area contributed by atoms with Crippen LogP contribution in [0.1, 0.15) is 18.4 Å². The Morgan fingerprint density at radius 1 is 1.29 bits per heavy atom. The van der Waals surface area contributed by atoms with E-state index in [1.54, 1.807) is 9.80 Å². The van der Waals surface area contributed by atoms with Gasteiger partial charge in [-0.2, -0.15) is 0 Å². The quantitative estimate of drug-likeness (QED) is 0.865. The Hall–Kier alpha value is -2.08. The fraction of sp³-hybridized carbons (Fsp3) is 0.556. The van der Waals surface area contributed by atoms with Gasteiger partial charge in [-0.05, 0) is 30.7 Å². The minimum Gasteiger partial charge on any atom is -0.479 e. The van der Waals surface area contributed by atoms with E-state index < -0.39 is 12.1 Å². The van der Waals surface area contributed by atoms with E-state index in [-0.39, 0.29) is 11.9 Å². The molecule has 0 radical (unpaired) electrons. The number of urea groups is 1. The van der Waals surface area contributed by atoms with Gasteiger partial charge in [0.05, 0.1) is 0 Å². The number of rotatable bonds is 6. The molecule has 2 rings (SSSR count). The molecule has 132 valence electrons. The molecule has 1 saturated heterocycles. The molecule has 1 heterocycles. The SMILES string of the molecule is COC(C(=O)O)C1CCN(C(=O)N(C)CCc2ccccc2)CC1. The maximum absolute atomic E-state index is 12.5. The van der Waals surface area contributed by atoms with Crippen LogP contribution < -0.4 is 0 Å². The highest BCUT2D eigenvalue weighted by Gasteiger charge is 2.33. The first-order chi connectivity index (χ1) is 11.5. The molecule has 1 atom stereocenters. The third-order valence-corrected chi connectivity index (χ3v) is 4.64. The van der Waals surface area contributed by atoms with Gasteiger partial charge in [0.1, 0.15) is 0 Å². The molecular formula is C18H26N2O4. The third-order valence-electron chi connectivity index (χ3n) is 4.64. The minimum atomic E-state index is -0.928. The summed E-state index contributed by atoms with van der Waals surface area (Å²) in [4.78, 5) is 27.2. The molecule has 1 fully saturated rings. The van der Waals surface area contributed by atoms with Gasteiger partial charge < -0.3 is 19.6 Å². The molecule has 0 aromatic heterocycles. The molecular weight excluding hydrogens is 308 g/mol. The van der Waals surface area contributed by atoms with Crippen molar-refractivity contribution in [3.8, 4) is 0 Å². The number of carboxylic acid groups (broad SMARTS) is 1. The number of aliphatic carboxylic acids is 1. The van der Waals surface area contributed by atoms with Gasteiger partial charge in [0, 0.05) is 33.8 Å². The average molecular weight is 334 g/mol. The highest BCUT2D eigenvalue weighted by atomic mass is 16.5. The Bertz CT molecular complexity index is 541. The smallest absolute Gasteiger partial charge is 0.333 e. The molecule has 1 aromatic rings. The van der Waals surface area contributed by atoms with E-state index in [1.807, 2.05) is 25.2 Å². The van der Waals surface area contributed by atoms with Gasteiger partial charge in [-0.1, -0.05) is 30.3 Å². The summed E-state index contributed by atoms with van der Waals surface area (Å²) < 4.78 is 5.07. The maximum Gasteiger partial charge on any atom is 0.333 e. The summed E-state index contributed by atoms with van der Waals surface area (Å²) in [6.45, 7) is 1.82. The minimum absolute atomic E-state index is 0.00803. The molecule has 1 aliphatic heterocycles. The molecule has 0 bridgehead atoms. The van der Waals surface area contributed by atoms with Crippen LogP contribution in [-0.2, 0) is 16.0 Å². The standard InChI is InChI=1S/C18H26N2O4/c1-19(11-8-14-6-4-3-5-7-14)18(23)20-12-9-15(10-13-20)16(24-2)17(21)22/h3-7,15-16H,8-13H2,1-2H3,(H,21,22). The van der Waals surface area contributed by atoms with Gasteiger partial charge >= 0.3 is 12.0 Å². The number of amides is 2. The van der Waals surface area contributed by atoms with Crippen molar-refractivity contribution in [1.29, 1.82) is 0 Å². The fourth-order valence-electron chi connectivity index (χ4n) is 3.17. The monoisotopic (exact) mass is 334 g/mol. The van der Waals surface area contributed by atoms with Crippen LogP contribution in [-0.4, -0.2) is 66.8 Å². The zero-order valence-corrected chi connectivity index (χ0v) is 14.4. The number of hydrogen-bond acceptors (Lipinski definition) is 3. The number of ether oxygens (including phenoxy) is 1. The van der Waals surface area contributed by atoms with Crippen LogP contribution in [0.25, 0.3) is 0 Å². The zero-order chi connectivity index (χ0) is 17.5. The van der Waals surface area contributed by atoms with Gasteiger partial charge in [-0.15, -0.1) is 0 Å². The Labute approximate surface area is 143 Å². The van der Waals surface area contributed by atoms with Gasteiger partial charge in [0.2, 0.25) is 0 Å². The van der Waals surface area contributed by atoms with Crippen LogP contribution in [0.15, 0.2) is 30.3 Å². The van der Waals surface area contributed by atoms with Gasteiger partial charge in [0.15, 0.2) is 6.10 Å². The Morgan fingerprint density at radius 2 is 1.92 bits per heavy atom. The molecule has 6 nitrogen and oxygen atoms in total. The van der Waals surface area contributed by atoms with Crippen molar-refractivity contribution in [3.63, 3.8) is 0 Å². The van der Waals surface area contributed by atoms with E-state index in [4.69, 9.17) is 9.84 Å². The number of carbonyl (C=O) groups is 2. The number of piperidine rings is 1. The first-order valence-electron chi connectivity index (χ1n) is 8.32. The lowest BCUT2D eigenvalue weighted by Gasteiger charge is -2.36. The summed E-state index contributed by atoms with van der Waals surface area (Å²) in [5.41, 5.74) is 1.21. The van der Waals surface area contributed by atoms with Crippen LogP contribution in [0.4, 0.5) is 4.79 Å². The lowest BCUT2D eigenvalue weighted by Crippen LogP contribution is -2.48. The van der Waals surface area contributed by atoms with Crippen molar-refractivity contribution in [1.82, 2.24) is 9.80 Å². The summed E-state index contributed by atoms with van der Waals surface area (Å²) in [7, 11) is 3.24. The second-order valence-corrected chi connectivity index (χ2v) is 6.26. The summed E-state index contributed by atoms with van der Waals surface area (Å²) in [5, 5.41) is 9.15. The second kappa shape index (κ2) is 8.68. The molecule has 24 heavy (non-hydrogen) atoms. The molecule has 1 aromatic carbocycles. The predicted molar refractivity (Wildman–Crippen MR) is 90.9 cm³/mol. The molecule has 1 unspecified atom stereocenters. The van der Waals surface area contributed by atoms with Crippen molar-refractivity contribution < 1.29 is 19.4 Å². The van der Waals surface area contributed by atoms with E-state index in [0.29, 0.717) is 32.5 Å². The highest BCUT2D eigenvalue weighted by Crippen LogP contribution is 2.23. The predicted octanol–water partition coefficient (Wildman–Crippen LogP) is 2.09. The first kappa shape index (κ1) is 18.3. The van der Waals surface area contributed by atoms with Gasteiger partial charge in [0.25, 0.3) is 0 Å². The van der Waals surface area contributed by atoms with E-state index in [2.05, 4.69) is 12.1 Å². The maximum atomic E-state index is 12.5. The van der Waals surface area contributed by atoms with Gasteiger partial charge in [-0.25, -0.2) is 9.59 Å². The first-order valence-corrected chi connectivity index (χ1v) is 8.32. The average Bonchev–Trinajstić information content (AvgIpc) is 2.61. The van der Waals surface area contributed by atoms with Crippen molar-refractivity contribution >= 4 is 12.0 Å². The normalized spacial score (nSPS) is 16.7. The lowest BCUT2D eigenvalue weighted by atomic mass is 9.91. The molecule has 0 spiro atoms. The molecule has 0 saturated carbocycles. The molecule has 1 aliphatic rings. The Morgan fingerprint density at radius 3 is 2.46 bits per heavy atom. The summed E-state index contributed by atoms with van der Waals surface area (Å²) >= 11 is 0. The molecule has 1 N–H and O–H groups in total. The van der Waals surface area contributed by atoms with Gasteiger partial charge in [-0.3, -0.25) is 0 Å². The summed E-state index contributed by atoms with van der Waals surface area (Å²) in [5.74, 6) is -0.964. The number of nitrogens with zero attached hydrogens (tertiary/aromatic N) is 2. The van der Waals surface area contributed by atoms with Crippen molar-refractivity contribution in [3.05, 3.63) is 35.9 Å². The molecule has 6 heteroatoms. The van der Waals surface area contributed by atoms with E-state index in [0.717, 1.165) is 6.42 Å². The van der Waals surface area contributed by atoms with E-state index in [9.17, 15) is 9.59 Å². The number of likely N-dealkylation sites (tertiary alicyclic amines) is 1. The van der Waals surface area contributed by atoms with Crippen LogP contribution in [0.3, 0.4) is 0 Å². The van der Waals surface area contributed by atoms with Crippen LogP contribution >= 0.6 is 0 Å². The van der Waals surface area contributed by atoms with Crippen LogP contribution in [0.2, 0.25) is 0 Å². The fourth-order valence-corrected chi connectivity index (χ4v) is 3.17. The summed E-state index contributed by atoms with van der Waals surface area (Å²) in [6.07, 6.45) is 1.36. The van der Waals surface area contributed by atoms with E-state index >= 15 is 0 Å². The zero-order valence-electron chi connectivity index (χ0n) is 14.4. The lowest BCUT2D eigenvalue weighted by molar-refractivity contribution is -0.153. The number of carbonyl (C=O) groups excluding carboxylic acids is 1. The second-order valence-electron chi connectivity index (χ2n) is 6.26. The Balaban J connectivity index is 1.80. The number of benzene rings is 1. The molecule has 2 amide bonds. The van der Waals surface area contributed by atoms with Crippen molar-refractivity contribution in [2.24, 2.45) is 5.92 Å². The number of methoxy groups -OCH3 is 1. The van der Waals surface area contributed by atoms with Crippen molar-refractivity contribution in [2.45, 2.75) is 25.4 Å². The Kier molecular flexibility index (Phi) is 6.61. The van der Waals surface area contributed by atoms with Crippen LogP contribution in [0.5, 0.6) is 0 Å². The van der Waals surface area contributed by atoms with E-state index in [1.165, 1.54) is 12.7 Å².